The fraction of sp³-hybridized carbons (Fsp3) is 0.471. The molecule has 2 amide bonds. The van der Waals surface area contributed by atoms with Crippen LogP contribution < -0.4 is 5.32 Å². The van der Waals surface area contributed by atoms with E-state index in [1.165, 1.54) is 0 Å². The molecule has 7 nitrogen and oxygen atoms in total. The number of urea groups is 1. The molecule has 2 aromatic heterocycles. The fourth-order valence-corrected chi connectivity index (χ4v) is 3.05. The van der Waals surface area contributed by atoms with Gasteiger partial charge in [-0.25, -0.2) is 14.5 Å². The van der Waals surface area contributed by atoms with E-state index in [0.717, 1.165) is 39.0 Å². The van der Waals surface area contributed by atoms with E-state index in [4.69, 9.17) is 4.74 Å². The summed E-state index contributed by atoms with van der Waals surface area (Å²) < 4.78 is 7.10. The number of nitrogens with zero attached hydrogens (tertiary/aromatic N) is 4. The van der Waals surface area contributed by atoms with E-state index >= 15 is 0 Å². The Balaban J connectivity index is 1.50. The van der Waals surface area contributed by atoms with Crippen LogP contribution in [0, 0.1) is 5.92 Å². The van der Waals surface area contributed by atoms with E-state index in [0.29, 0.717) is 23.5 Å². The van der Waals surface area contributed by atoms with Crippen molar-refractivity contribution in [3.05, 3.63) is 36.8 Å². The molecule has 7 heteroatoms. The number of nitrogens with one attached hydrogen (secondary N) is 1. The minimum absolute atomic E-state index is 0.0641. The van der Waals surface area contributed by atoms with Crippen LogP contribution in [-0.2, 0) is 4.74 Å². The average Bonchev–Trinajstić information content (AvgIpc) is 3.08. The molecule has 1 aliphatic heterocycles. The summed E-state index contributed by atoms with van der Waals surface area (Å²) in [5.74, 6) is 1.06. The molecular formula is C17H21N5O2. The molecule has 1 saturated heterocycles. The second-order valence-corrected chi connectivity index (χ2v) is 6.37. The molecule has 1 unspecified atom stereocenters. The van der Waals surface area contributed by atoms with Gasteiger partial charge in [-0.2, -0.15) is 5.10 Å². The molecule has 3 heterocycles. The number of pyridine rings is 1. The molecular weight excluding hydrogens is 306 g/mol. The highest BCUT2D eigenvalue weighted by Gasteiger charge is 2.35. The van der Waals surface area contributed by atoms with Crippen LogP contribution in [0.1, 0.15) is 19.3 Å². The van der Waals surface area contributed by atoms with Gasteiger partial charge in [0.1, 0.15) is 0 Å². The van der Waals surface area contributed by atoms with Crippen molar-refractivity contribution in [2.45, 2.75) is 25.3 Å². The number of carbonyl (C=O) groups excluding carboxylic acids is 1. The van der Waals surface area contributed by atoms with E-state index in [2.05, 4.69) is 15.4 Å². The lowest BCUT2D eigenvalue weighted by molar-refractivity contribution is 0.167. The second-order valence-electron chi connectivity index (χ2n) is 6.37. The number of carbonyl (C=O) groups is 1. The zero-order valence-corrected chi connectivity index (χ0v) is 13.5. The Kier molecular flexibility index (Phi) is 4.17. The van der Waals surface area contributed by atoms with Crippen molar-refractivity contribution in [1.29, 1.82) is 0 Å². The van der Waals surface area contributed by atoms with Crippen LogP contribution in [0.4, 0.5) is 10.5 Å². The molecule has 2 aromatic rings. The summed E-state index contributed by atoms with van der Waals surface area (Å²) in [7, 11) is 0. The van der Waals surface area contributed by atoms with E-state index in [1.807, 2.05) is 29.3 Å². The van der Waals surface area contributed by atoms with Crippen molar-refractivity contribution in [3.63, 3.8) is 0 Å². The first-order valence-corrected chi connectivity index (χ1v) is 8.41. The Morgan fingerprint density at radius 1 is 1.33 bits per heavy atom. The molecule has 2 aliphatic rings. The molecule has 2 fully saturated rings. The Morgan fingerprint density at radius 2 is 2.25 bits per heavy atom. The van der Waals surface area contributed by atoms with Gasteiger partial charge in [0, 0.05) is 43.7 Å². The number of anilines is 1. The summed E-state index contributed by atoms with van der Waals surface area (Å²) in [5.41, 5.74) is 0.666. The number of amides is 2. The van der Waals surface area contributed by atoms with Crippen LogP contribution in [0.2, 0.25) is 0 Å². The molecule has 24 heavy (non-hydrogen) atoms. The fourth-order valence-electron chi connectivity index (χ4n) is 3.05. The molecule has 0 aromatic carbocycles. The summed E-state index contributed by atoms with van der Waals surface area (Å²) in [6.45, 7) is 2.31. The molecule has 0 radical (unpaired) electrons. The predicted octanol–water partition coefficient (Wildman–Crippen LogP) is 2.30. The highest BCUT2D eigenvalue weighted by atomic mass is 16.5. The first-order chi connectivity index (χ1) is 11.8. The first-order valence-electron chi connectivity index (χ1n) is 8.41. The van der Waals surface area contributed by atoms with Gasteiger partial charge < -0.3 is 15.0 Å². The van der Waals surface area contributed by atoms with E-state index in [1.54, 1.807) is 17.1 Å². The Bertz CT molecular complexity index is 693. The summed E-state index contributed by atoms with van der Waals surface area (Å²) >= 11 is 0. The van der Waals surface area contributed by atoms with Gasteiger partial charge in [0.25, 0.3) is 0 Å². The van der Waals surface area contributed by atoms with E-state index < -0.39 is 0 Å². The van der Waals surface area contributed by atoms with Crippen LogP contribution in [-0.4, -0.2) is 51.5 Å². The highest BCUT2D eigenvalue weighted by Crippen LogP contribution is 2.30. The topological polar surface area (TPSA) is 72.3 Å². The predicted molar refractivity (Wildman–Crippen MR) is 89.0 cm³/mol. The number of hydrogen-bond acceptors (Lipinski definition) is 4. The Hall–Kier alpha value is -2.41. The normalized spacial score (nSPS) is 20.1. The molecule has 1 saturated carbocycles. The molecule has 1 N–H and O–H groups in total. The maximum Gasteiger partial charge on any atom is 0.322 e. The van der Waals surface area contributed by atoms with Crippen LogP contribution >= 0.6 is 0 Å². The second kappa shape index (κ2) is 6.60. The van der Waals surface area contributed by atoms with Gasteiger partial charge in [0.15, 0.2) is 5.82 Å². The maximum atomic E-state index is 12.8. The zero-order chi connectivity index (χ0) is 16.4. The number of aromatic nitrogens is 3. The third-order valence-corrected chi connectivity index (χ3v) is 4.48. The summed E-state index contributed by atoms with van der Waals surface area (Å²) in [6.07, 6.45) is 8.40. The van der Waals surface area contributed by atoms with Crippen molar-refractivity contribution in [3.8, 4) is 5.82 Å². The van der Waals surface area contributed by atoms with Crippen molar-refractivity contribution in [2.24, 2.45) is 5.92 Å². The smallest absolute Gasteiger partial charge is 0.322 e. The number of hydrogen-bond donors (Lipinski definition) is 1. The van der Waals surface area contributed by atoms with Gasteiger partial charge in [0.2, 0.25) is 0 Å². The lowest BCUT2D eigenvalue weighted by Gasteiger charge is -2.25. The van der Waals surface area contributed by atoms with Gasteiger partial charge in [-0.15, -0.1) is 0 Å². The molecule has 1 atom stereocenters. The number of ether oxygens (including phenoxy) is 1. The minimum Gasteiger partial charge on any atom is -0.381 e. The van der Waals surface area contributed by atoms with Crippen LogP contribution in [0.25, 0.3) is 5.82 Å². The summed E-state index contributed by atoms with van der Waals surface area (Å²) in [6, 6.07) is 5.79. The van der Waals surface area contributed by atoms with E-state index in [-0.39, 0.29) is 6.03 Å². The third-order valence-electron chi connectivity index (χ3n) is 4.48. The lowest BCUT2D eigenvalue weighted by Crippen LogP contribution is -2.40. The van der Waals surface area contributed by atoms with Crippen molar-refractivity contribution >= 4 is 11.7 Å². The molecule has 4 rings (SSSR count). The van der Waals surface area contributed by atoms with Gasteiger partial charge in [-0.1, -0.05) is 0 Å². The summed E-state index contributed by atoms with van der Waals surface area (Å²) in [5, 5.41) is 7.22. The van der Waals surface area contributed by atoms with Gasteiger partial charge in [-0.05, 0) is 37.5 Å². The Morgan fingerprint density at radius 3 is 2.96 bits per heavy atom. The SMILES string of the molecule is O=C(Nc1cccnc1-n1cccn1)N(CC1CCOC1)C1CC1. The highest BCUT2D eigenvalue weighted by molar-refractivity contribution is 5.91. The van der Waals surface area contributed by atoms with Gasteiger partial charge in [-0.3, -0.25) is 0 Å². The zero-order valence-electron chi connectivity index (χ0n) is 13.5. The molecule has 126 valence electrons. The van der Waals surface area contributed by atoms with Crippen LogP contribution in [0.3, 0.4) is 0 Å². The van der Waals surface area contributed by atoms with Crippen LogP contribution in [0.5, 0.6) is 0 Å². The van der Waals surface area contributed by atoms with Crippen LogP contribution in [0.15, 0.2) is 36.8 Å². The first kappa shape index (κ1) is 15.1. The standard InChI is InChI=1S/C17H21N5O2/c23-17(21(14-4-5-14)11-13-6-10-24-12-13)20-15-3-1-7-18-16(15)22-9-2-8-19-22/h1-3,7-9,13-14H,4-6,10-12H2,(H,20,23). The molecule has 0 spiro atoms. The lowest BCUT2D eigenvalue weighted by atomic mass is 10.1. The Labute approximate surface area is 140 Å². The van der Waals surface area contributed by atoms with Gasteiger partial charge in [0.05, 0.1) is 12.3 Å². The maximum absolute atomic E-state index is 12.8. The van der Waals surface area contributed by atoms with Crippen molar-refractivity contribution in [1.82, 2.24) is 19.7 Å². The third kappa shape index (κ3) is 3.26. The molecule has 1 aliphatic carbocycles. The number of rotatable bonds is 5. The van der Waals surface area contributed by atoms with Gasteiger partial charge >= 0.3 is 6.03 Å². The average molecular weight is 327 g/mol. The van der Waals surface area contributed by atoms with Crippen molar-refractivity contribution < 1.29 is 9.53 Å². The monoisotopic (exact) mass is 327 g/mol. The van der Waals surface area contributed by atoms with E-state index in [9.17, 15) is 4.79 Å². The molecule has 0 bridgehead atoms. The van der Waals surface area contributed by atoms with Crippen molar-refractivity contribution in [2.75, 3.05) is 25.1 Å². The largest absolute Gasteiger partial charge is 0.381 e. The minimum atomic E-state index is -0.0641. The summed E-state index contributed by atoms with van der Waals surface area (Å²) in [4.78, 5) is 19.1. The quantitative estimate of drug-likeness (QED) is 0.914.